The molecule has 2 nitrogen and oxygen atoms in total. The van der Waals surface area contributed by atoms with Crippen LogP contribution in [0.3, 0.4) is 0 Å². The number of nitrogens with one attached hydrogen (secondary N) is 1. The van der Waals surface area contributed by atoms with E-state index in [9.17, 15) is 4.79 Å². The number of hydrogen-bond donors (Lipinski definition) is 1. The molecule has 0 bridgehead atoms. The highest BCUT2D eigenvalue weighted by Crippen LogP contribution is 2.39. The molecule has 1 heterocycles. The minimum absolute atomic E-state index is 0.147. The Balaban J connectivity index is 1.39. The topological polar surface area (TPSA) is 29.1 Å². The third-order valence-electron chi connectivity index (χ3n) is 5.50. The van der Waals surface area contributed by atoms with Crippen molar-refractivity contribution in [2.24, 2.45) is 11.8 Å². The van der Waals surface area contributed by atoms with Crippen molar-refractivity contribution in [2.45, 2.75) is 31.6 Å². The third-order valence-corrected chi connectivity index (χ3v) is 5.50. The van der Waals surface area contributed by atoms with Gasteiger partial charge in [-0.3, -0.25) is 4.79 Å². The fourth-order valence-electron chi connectivity index (χ4n) is 3.90. The van der Waals surface area contributed by atoms with Crippen LogP contribution in [0.15, 0.2) is 54.6 Å². The number of carbonyl (C=O) groups excluding carboxylic acids is 1. The van der Waals surface area contributed by atoms with Crippen molar-refractivity contribution in [3.63, 3.8) is 0 Å². The largest absolute Gasteiger partial charge is 0.316 e. The summed E-state index contributed by atoms with van der Waals surface area (Å²) in [6.45, 7) is 1.78. The molecule has 4 rings (SSSR count). The number of carbonyl (C=O) groups is 1. The Morgan fingerprint density at radius 2 is 1.67 bits per heavy atom. The van der Waals surface area contributed by atoms with Gasteiger partial charge in [0.25, 0.3) is 0 Å². The van der Waals surface area contributed by atoms with E-state index in [0.717, 1.165) is 31.0 Å². The molecule has 124 valence electrons. The summed E-state index contributed by atoms with van der Waals surface area (Å²) in [4.78, 5) is 12.8. The Kier molecular flexibility index (Phi) is 4.48. The lowest BCUT2D eigenvalue weighted by Gasteiger charge is -2.17. The van der Waals surface area contributed by atoms with Gasteiger partial charge in [0.15, 0.2) is 0 Å². The Morgan fingerprint density at radius 3 is 2.38 bits per heavy atom. The highest BCUT2D eigenvalue weighted by molar-refractivity contribution is 5.84. The predicted molar refractivity (Wildman–Crippen MR) is 97.1 cm³/mol. The normalized spacial score (nSPS) is 23.3. The number of benzene rings is 2. The first kappa shape index (κ1) is 15.6. The molecular formula is C22H25NO. The number of ketones is 1. The van der Waals surface area contributed by atoms with Crippen molar-refractivity contribution >= 4 is 5.78 Å². The van der Waals surface area contributed by atoms with E-state index in [2.05, 4.69) is 53.8 Å². The zero-order valence-electron chi connectivity index (χ0n) is 14.1. The quantitative estimate of drug-likeness (QED) is 0.878. The molecule has 0 amide bonds. The molecule has 1 aliphatic heterocycles. The molecular weight excluding hydrogens is 294 g/mol. The Labute approximate surface area is 144 Å². The first-order chi connectivity index (χ1) is 11.8. The van der Waals surface area contributed by atoms with Crippen molar-refractivity contribution in [1.82, 2.24) is 5.32 Å². The molecule has 2 fully saturated rings. The van der Waals surface area contributed by atoms with Crippen LogP contribution in [-0.4, -0.2) is 18.9 Å². The summed E-state index contributed by atoms with van der Waals surface area (Å²) < 4.78 is 0. The average Bonchev–Trinajstić information content (AvgIpc) is 3.36. The number of Topliss-reactive ketones (excluding diaryl/α,β-unsaturated/α-hetero) is 1. The summed E-state index contributed by atoms with van der Waals surface area (Å²) in [6, 6.07) is 19.3. The van der Waals surface area contributed by atoms with E-state index in [4.69, 9.17) is 0 Å². The molecule has 1 N–H and O–H groups in total. The highest BCUT2D eigenvalue weighted by Gasteiger charge is 2.32. The van der Waals surface area contributed by atoms with Crippen molar-refractivity contribution < 1.29 is 4.79 Å². The standard InChI is InChI=1S/C22H25NO/c24-22(13-17-6-8-18(9-7-17)19-10-11-19)21-15-23-14-20(21)12-16-4-2-1-3-5-16/h1-9,19-21,23H,10-15H2/t20?,21-/m0/s1. The lowest BCUT2D eigenvalue weighted by Crippen LogP contribution is -2.25. The van der Waals surface area contributed by atoms with Gasteiger partial charge in [0.1, 0.15) is 5.78 Å². The van der Waals surface area contributed by atoms with E-state index in [1.165, 1.54) is 24.0 Å². The fraction of sp³-hybridized carbons (Fsp3) is 0.409. The molecule has 0 aromatic heterocycles. The molecule has 2 aromatic rings. The van der Waals surface area contributed by atoms with E-state index in [1.807, 2.05) is 6.07 Å². The smallest absolute Gasteiger partial charge is 0.141 e. The van der Waals surface area contributed by atoms with Gasteiger partial charge in [0.2, 0.25) is 0 Å². The molecule has 2 aromatic carbocycles. The van der Waals surface area contributed by atoms with Crippen molar-refractivity contribution in [3.05, 3.63) is 71.3 Å². The predicted octanol–water partition coefficient (Wildman–Crippen LogP) is 3.75. The summed E-state index contributed by atoms with van der Waals surface area (Å²) in [5, 5.41) is 3.42. The maximum Gasteiger partial charge on any atom is 0.141 e. The van der Waals surface area contributed by atoms with Gasteiger partial charge in [-0.2, -0.15) is 0 Å². The van der Waals surface area contributed by atoms with Gasteiger partial charge in [-0.15, -0.1) is 0 Å². The Bertz CT molecular complexity index is 688. The summed E-state index contributed by atoms with van der Waals surface area (Å²) in [7, 11) is 0. The van der Waals surface area contributed by atoms with Gasteiger partial charge in [-0.1, -0.05) is 54.6 Å². The summed E-state index contributed by atoms with van der Waals surface area (Å²) in [5.41, 5.74) is 3.93. The first-order valence-electron chi connectivity index (χ1n) is 9.16. The van der Waals surface area contributed by atoms with Crippen LogP contribution >= 0.6 is 0 Å². The summed E-state index contributed by atoms with van der Waals surface area (Å²) in [5.74, 6) is 1.74. The third kappa shape index (κ3) is 3.59. The van der Waals surface area contributed by atoms with Gasteiger partial charge in [-0.25, -0.2) is 0 Å². The van der Waals surface area contributed by atoms with E-state index >= 15 is 0 Å². The second kappa shape index (κ2) is 6.90. The number of hydrogen-bond acceptors (Lipinski definition) is 2. The van der Waals surface area contributed by atoms with Crippen molar-refractivity contribution in [1.29, 1.82) is 0 Å². The molecule has 0 spiro atoms. The second-order valence-electron chi connectivity index (χ2n) is 7.37. The molecule has 1 saturated heterocycles. The second-order valence-corrected chi connectivity index (χ2v) is 7.37. The Morgan fingerprint density at radius 1 is 0.917 bits per heavy atom. The van der Waals surface area contributed by atoms with Crippen LogP contribution in [-0.2, 0) is 17.6 Å². The van der Waals surface area contributed by atoms with Crippen LogP contribution in [0.1, 0.15) is 35.4 Å². The van der Waals surface area contributed by atoms with Crippen LogP contribution in [0, 0.1) is 11.8 Å². The van der Waals surface area contributed by atoms with Gasteiger partial charge in [0.05, 0.1) is 0 Å². The molecule has 1 unspecified atom stereocenters. The van der Waals surface area contributed by atoms with Crippen LogP contribution in [0.4, 0.5) is 0 Å². The zero-order valence-corrected chi connectivity index (χ0v) is 14.1. The van der Waals surface area contributed by atoms with Crippen LogP contribution in [0.2, 0.25) is 0 Å². The van der Waals surface area contributed by atoms with Crippen LogP contribution < -0.4 is 5.32 Å². The monoisotopic (exact) mass is 319 g/mol. The molecule has 1 saturated carbocycles. The van der Waals surface area contributed by atoms with E-state index in [-0.39, 0.29) is 5.92 Å². The fourth-order valence-corrected chi connectivity index (χ4v) is 3.90. The Hall–Kier alpha value is -1.93. The van der Waals surface area contributed by atoms with E-state index < -0.39 is 0 Å². The summed E-state index contributed by atoms with van der Waals surface area (Å²) >= 11 is 0. The minimum atomic E-state index is 0.147. The first-order valence-corrected chi connectivity index (χ1v) is 9.16. The maximum atomic E-state index is 12.8. The van der Waals surface area contributed by atoms with Crippen LogP contribution in [0.5, 0.6) is 0 Å². The lowest BCUT2D eigenvalue weighted by atomic mass is 9.85. The average molecular weight is 319 g/mol. The van der Waals surface area contributed by atoms with Crippen molar-refractivity contribution in [2.75, 3.05) is 13.1 Å². The maximum absolute atomic E-state index is 12.8. The highest BCUT2D eigenvalue weighted by atomic mass is 16.1. The van der Waals surface area contributed by atoms with E-state index in [0.29, 0.717) is 18.1 Å². The molecule has 0 radical (unpaired) electrons. The molecule has 2 atom stereocenters. The molecule has 2 heteroatoms. The minimum Gasteiger partial charge on any atom is -0.316 e. The van der Waals surface area contributed by atoms with Gasteiger partial charge in [0, 0.05) is 18.9 Å². The molecule has 1 aliphatic carbocycles. The SMILES string of the molecule is O=C(Cc1ccc(C2CC2)cc1)[C@H]1CNCC1Cc1ccccc1. The zero-order chi connectivity index (χ0) is 16.4. The van der Waals surface area contributed by atoms with Gasteiger partial charge in [-0.05, 0) is 54.3 Å². The lowest BCUT2D eigenvalue weighted by molar-refractivity contribution is -0.122. The van der Waals surface area contributed by atoms with E-state index in [1.54, 1.807) is 0 Å². The van der Waals surface area contributed by atoms with Crippen molar-refractivity contribution in [3.8, 4) is 0 Å². The molecule has 24 heavy (non-hydrogen) atoms. The summed E-state index contributed by atoms with van der Waals surface area (Å²) in [6.07, 6.45) is 4.22. The van der Waals surface area contributed by atoms with Gasteiger partial charge >= 0.3 is 0 Å². The van der Waals surface area contributed by atoms with Gasteiger partial charge < -0.3 is 5.32 Å². The number of rotatable bonds is 6. The van der Waals surface area contributed by atoms with Crippen LogP contribution in [0.25, 0.3) is 0 Å². The molecule has 2 aliphatic rings.